The molecule has 0 radical (unpaired) electrons. The topological polar surface area (TPSA) is 96.2 Å². The second-order valence-electron chi connectivity index (χ2n) is 11.8. The molecule has 0 aliphatic carbocycles. The third kappa shape index (κ3) is 7.41. The number of hydrogen-bond donors (Lipinski definition) is 1. The van der Waals surface area contributed by atoms with Crippen molar-refractivity contribution in [2.45, 2.75) is 64.5 Å². The Morgan fingerprint density at radius 1 is 1.12 bits per heavy atom. The summed E-state index contributed by atoms with van der Waals surface area (Å²) in [4.78, 5) is 49.2. The summed E-state index contributed by atoms with van der Waals surface area (Å²) in [6.45, 7) is 6.31. The highest BCUT2D eigenvalue weighted by molar-refractivity contribution is 5.93. The normalized spacial score (nSPS) is 18.9. The molecule has 0 unspecified atom stereocenters. The zero-order valence-corrected chi connectivity index (χ0v) is 25.1. The molecule has 10 heteroatoms. The highest BCUT2D eigenvalue weighted by Crippen LogP contribution is 2.26. The van der Waals surface area contributed by atoms with Crippen molar-refractivity contribution in [3.05, 3.63) is 71.9 Å². The van der Waals surface area contributed by atoms with Crippen LogP contribution in [0.25, 0.3) is 5.65 Å². The van der Waals surface area contributed by atoms with Gasteiger partial charge in [0.1, 0.15) is 23.2 Å². The maximum absolute atomic E-state index is 14.2. The van der Waals surface area contributed by atoms with Crippen LogP contribution < -0.4 is 5.32 Å². The van der Waals surface area contributed by atoms with E-state index in [-0.39, 0.29) is 41.4 Å². The number of aromatic nitrogens is 2. The zero-order chi connectivity index (χ0) is 30.3. The summed E-state index contributed by atoms with van der Waals surface area (Å²) in [5.41, 5.74) is 1.93. The number of halogens is 1. The van der Waals surface area contributed by atoms with E-state index in [4.69, 9.17) is 4.74 Å². The van der Waals surface area contributed by atoms with Crippen molar-refractivity contribution in [3.63, 3.8) is 0 Å². The van der Waals surface area contributed by atoms with Crippen LogP contribution in [0.3, 0.4) is 0 Å². The van der Waals surface area contributed by atoms with Gasteiger partial charge >= 0.3 is 0 Å². The molecule has 230 valence electrons. The minimum Gasteiger partial charge on any atom is -0.381 e. The first kappa shape index (κ1) is 30.7. The lowest BCUT2D eigenvalue weighted by Gasteiger charge is -2.36. The van der Waals surface area contributed by atoms with Gasteiger partial charge in [-0.2, -0.15) is 0 Å². The molecule has 2 aromatic heterocycles. The molecular formula is C33H42FN5O4. The molecule has 3 aromatic rings. The minimum atomic E-state index is -0.618. The van der Waals surface area contributed by atoms with E-state index in [1.807, 2.05) is 47.5 Å². The Kier molecular flexibility index (Phi) is 10.1. The number of carbonyl (C=O) groups excluding carboxylic acids is 3. The molecule has 0 saturated carbocycles. The Balaban J connectivity index is 1.36. The van der Waals surface area contributed by atoms with Gasteiger partial charge in [-0.15, -0.1) is 0 Å². The van der Waals surface area contributed by atoms with E-state index in [0.717, 1.165) is 18.4 Å². The van der Waals surface area contributed by atoms with Crippen LogP contribution in [0.4, 0.5) is 4.39 Å². The maximum atomic E-state index is 14.2. The molecule has 0 spiro atoms. The summed E-state index contributed by atoms with van der Waals surface area (Å²) in [5.74, 6) is -0.882. The molecule has 0 bridgehead atoms. The predicted molar refractivity (Wildman–Crippen MR) is 161 cm³/mol. The fourth-order valence-electron chi connectivity index (χ4n) is 6.05. The standard InChI is InChI=1S/C33H42FN5O4/c1-3-23(2)31(40)36-30(25-14-19-43-20-15-25)33(42)39-17-6-7-27(39)21-38(18-13-24-9-11-26(34)12-10-24)32(41)28-22-37-16-5-4-8-29(37)35-28/h4-5,8-12,16,22-23,25,27,30H,3,6-7,13-15,17-21H2,1-2H3,(H,36,40)/t23-,27+,30+/m1/s1. The summed E-state index contributed by atoms with van der Waals surface area (Å²) in [6, 6.07) is 11.1. The Bertz CT molecular complexity index is 1370. The molecule has 9 nitrogen and oxygen atoms in total. The monoisotopic (exact) mass is 591 g/mol. The van der Waals surface area contributed by atoms with Crippen molar-refractivity contribution in [1.82, 2.24) is 24.5 Å². The third-order valence-electron chi connectivity index (χ3n) is 8.91. The van der Waals surface area contributed by atoms with Crippen molar-refractivity contribution < 1.29 is 23.5 Å². The first-order valence-corrected chi connectivity index (χ1v) is 15.5. The SMILES string of the molecule is CC[C@@H](C)C(=O)N[C@H](C(=O)N1CCC[C@H]1CN(CCc1ccc(F)cc1)C(=O)c1cn2ccccc2n1)C1CCOCC1. The first-order valence-electron chi connectivity index (χ1n) is 15.5. The van der Waals surface area contributed by atoms with Gasteiger partial charge in [0.05, 0.1) is 0 Å². The Hall–Kier alpha value is -3.79. The fourth-order valence-corrected chi connectivity index (χ4v) is 6.05. The van der Waals surface area contributed by atoms with E-state index < -0.39 is 6.04 Å². The number of carbonyl (C=O) groups is 3. The number of rotatable bonds is 11. The van der Waals surface area contributed by atoms with Crippen LogP contribution in [0.2, 0.25) is 0 Å². The van der Waals surface area contributed by atoms with Crippen LogP contribution in [0, 0.1) is 17.7 Å². The van der Waals surface area contributed by atoms with Gasteiger partial charge in [0.2, 0.25) is 11.8 Å². The number of imidazole rings is 1. The Morgan fingerprint density at radius 2 is 1.88 bits per heavy atom. The van der Waals surface area contributed by atoms with Crippen LogP contribution in [-0.2, 0) is 20.7 Å². The molecule has 3 amide bonds. The van der Waals surface area contributed by atoms with E-state index in [9.17, 15) is 18.8 Å². The predicted octanol–water partition coefficient (Wildman–Crippen LogP) is 4.11. The number of benzene rings is 1. The highest BCUT2D eigenvalue weighted by Gasteiger charge is 2.39. The quantitative estimate of drug-likeness (QED) is 0.362. The van der Waals surface area contributed by atoms with Crippen LogP contribution in [0.1, 0.15) is 62.0 Å². The summed E-state index contributed by atoms with van der Waals surface area (Å²) in [6.07, 6.45) is 7.82. The van der Waals surface area contributed by atoms with Crippen molar-refractivity contribution in [3.8, 4) is 0 Å². The molecule has 1 N–H and O–H groups in total. The van der Waals surface area contributed by atoms with Gasteiger partial charge in [0, 0.05) is 57.2 Å². The van der Waals surface area contributed by atoms with E-state index >= 15 is 0 Å². The lowest BCUT2D eigenvalue weighted by molar-refractivity contribution is -0.140. The van der Waals surface area contributed by atoms with Gasteiger partial charge in [0.25, 0.3) is 5.91 Å². The Morgan fingerprint density at radius 3 is 2.60 bits per heavy atom. The van der Waals surface area contributed by atoms with Gasteiger partial charge < -0.3 is 24.3 Å². The largest absolute Gasteiger partial charge is 0.381 e. The average molecular weight is 592 g/mol. The summed E-state index contributed by atoms with van der Waals surface area (Å²) in [7, 11) is 0. The van der Waals surface area contributed by atoms with Gasteiger partial charge in [-0.1, -0.05) is 32.0 Å². The van der Waals surface area contributed by atoms with Gasteiger partial charge in [-0.25, -0.2) is 9.37 Å². The fraction of sp³-hybridized carbons (Fsp3) is 0.515. The molecule has 5 rings (SSSR count). The molecule has 2 aliphatic heterocycles. The number of ether oxygens (including phenoxy) is 1. The van der Waals surface area contributed by atoms with Crippen LogP contribution in [0.5, 0.6) is 0 Å². The number of amides is 3. The van der Waals surface area contributed by atoms with Crippen molar-refractivity contribution in [2.24, 2.45) is 11.8 Å². The van der Waals surface area contributed by atoms with Gasteiger partial charge in [-0.3, -0.25) is 14.4 Å². The Labute approximate surface area is 252 Å². The van der Waals surface area contributed by atoms with E-state index in [0.29, 0.717) is 69.9 Å². The van der Waals surface area contributed by atoms with Gasteiger partial charge in [-0.05, 0) is 74.3 Å². The smallest absolute Gasteiger partial charge is 0.274 e. The molecule has 1 aromatic carbocycles. The number of nitrogens with one attached hydrogen (secondary N) is 1. The maximum Gasteiger partial charge on any atom is 0.274 e. The number of likely N-dealkylation sites (tertiary alicyclic amines) is 1. The number of nitrogens with zero attached hydrogens (tertiary/aromatic N) is 4. The third-order valence-corrected chi connectivity index (χ3v) is 8.91. The minimum absolute atomic E-state index is 0.00434. The average Bonchev–Trinajstić information content (AvgIpc) is 3.69. The van der Waals surface area contributed by atoms with E-state index in [2.05, 4.69) is 10.3 Å². The molecular weight excluding hydrogens is 549 g/mol. The molecule has 43 heavy (non-hydrogen) atoms. The zero-order valence-electron chi connectivity index (χ0n) is 25.1. The lowest BCUT2D eigenvalue weighted by Crippen LogP contribution is -2.56. The van der Waals surface area contributed by atoms with Gasteiger partial charge in [0.15, 0.2) is 0 Å². The van der Waals surface area contributed by atoms with Crippen LogP contribution in [-0.4, -0.2) is 81.8 Å². The van der Waals surface area contributed by atoms with Crippen LogP contribution in [0.15, 0.2) is 54.9 Å². The number of fused-ring (bicyclic) bond motifs is 1. The summed E-state index contributed by atoms with van der Waals surface area (Å²) >= 11 is 0. The van der Waals surface area contributed by atoms with Crippen molar-refractivity contribution >= 4 is 23.4 Å². The molecule has 3 atom stereocenters. The van der Waals surface area contributed by atoms with Crippen LogP contribution >= 0.6 is 0 Å². The second kappa shape index (κ2) is 14.1. The summed E-state index contributed by atoms with van der Waals surface area (Å²) < 4.78 is 20.9. The van der Waals surface area contributed by atoms with E-state index in [1.54, 1.807) is 23.2 Å². The van der Waals surface area contributed by atoms with E-state index in [1.165, 1.54) is 12.1 Å². The first-order chi connectivity index (χ1) is 20.8. The van der Waals surface area contributed by atoms with Crippen molar-refractivity contribution in [1.29, 1.82) is 0 Å². The molecule has 2 fully saturated rings. The number of pyridine rings is 1. The molecule has 2 saturated heterocycles. The summed E-state index contributed by atoms with van der Waals surface area (Å²) in [5, 5.41) is 3.09. The lowest BCUT2D eigenvalue weighted by atomic mass is 9.90. The highest BCUT2D eigenvalue weighted by atomic mass is 19.1. The number of hydrogen-bond acceptors (Lipinski definition) is 5. The second-order valence-corrected chi connectivity index (χ2v) is 11.8. The molecule has 2 aliphatic rings. The van der Waals surface area contributed by atoms with Crippen molar-refractivity contribution in [2.75, 3.05) is 32.8 Å². The molecule has 4 heterocycles.